The lowest BCUT2D eigenvalue weighted by Gasteiger charge is -2.29. The molecule has 1 aromatic rings. The number of quaternary nitrogens is 1. The van der Waals surface area contributed by atoms with Gasteiger partial charge in [-0.05, 0) is 57.2 Å². The number of ether oxygens (including phenoxy) is 2. The number of urea groups is 1. The molecule has 2 fully saturated rings. The van der Waals surface area contributed by atoms with Gasteiger partial charge in [-0.2, -0.15) is 0 Å². The molecule has 1 unspecified atom stereocenters. The zero-order valence-corrected chi connectivity index (χ0v) is 17.0. The van der Waals surface area contributed by atoms with E-state index in [1.807, 2.05) is 20.8 Å². The molecule has 28 heavy (non-hydrogen) atoms. The highest BCUT2D eigenvalue weighted by Crippen LogP contribution is 2.42. The number of carbonyl (C=O) groups excluding carboxylic acids is 2. The maximum atomic E-state index is 12.9. The molecule has 2 atom stereocenters. The van der Waals surface area contributed by atoms with Gasteiger partial charge in [-0.1, -0.05) is 0 Å². The summed E-state index contributed by atoms with van der Waals surface area (Å²) < 4.78 is 11.5. The Balaban J connectivity index is 1.49. The number of fused-ring (bicyclic) bond motifs is 1. The summed E-state index contributed by atoms with van der Waals surface area (Å²) in [5.74, 6) is 1.78. The first-order chi connectivity index (χ1) is 13.5. The third-order valence-corrected chi connectivity index (χ3v) is 6.13. The van der Waals surface area contributed by atoms with Gasteiger partial charge in [0.15, 0.2) is 18.2 Å². The predicted octanol–water partition coefficient (Wildman–Crippen LogP) is 1.10. The molecular formula is C21H30N3O4+. The van der Waals surface area contributed by atoms with Gasteiger partial charge in [0.2, 0.25) is 0 Å². The van der Waals surface area contributed by atoms with Crippen LogP contribution >= 0.6 is 0 Å². The van der Waals surface area contributed by atoms with Crippen molar-refractivity contribution in [3.63, 3.8) is 0 Å². The molecule has 2 aliphatic heterocycles. The van der Waals surface area contributed by atoms with Gasteiger partial charge in [0.1, 0.15) is 12.1 Å². The van der Waals surface area contributed by atoms with Gasteiger partial charge < -0.3 is 19.7 Å². The Morgan fingerprint density at radius 3 is 2.39 bits per heavy atom. The van der Waals surface area contributed by atoms with Crippen molar-refractivity contribution in [3.05, 3.63) is 23.3 Å². The van der Waals surface area contributed by atoms with Crippen molar-refractivity contribution in [1.29, 1.82) is 0 Å². The summed E-state index contributed by atoms with van der Waals surface area (Å²) >= 11 is 0. The fraction of sp³-hybridized carbons (Fsp3) is 0.619. The first-order valence-corrected chi connectivity index (χ1v) is 10.3. The Labute approximate surface area is 166 Å². The molecule has 152 valence electrons. The van der Waals surface area contributed by atoms with E-state index >= 15 is 0 Å². The summed E-state index contributed by atoms with van der Waals surface area (Å²) in [5.41, 5.74) is 1.75. The number of amides is 3. The molecule has 2 N–H and O–H groups in total. The topological polar surface area (TPSA) is 72.3 Å². The van der Waals surface area contributed by atoms with Crippen LogP contribution in [-0.4, -0.2) is 48.8 Å². The summed E-state index contributed by atoms with van der Waals surface area (Å²) in [6.45, 7) is 9.03. The molecule has 3 amide bonds. The van der Waals surface area contributed by atoms with Crippen LogP contribution in [-0.2, 0) is 17.8 Å². The minimum Gasteiger partial charge on any atom is -0.490 e. The Bertz CT molecular complexity index is 792. The lowest BCUT2D eigenvalue weighted by atomic mass is 9.96. The van der Waals surface area contributed by atoms with E-state index in [9.17, 15) is 9.59 Å². The second-order valence-electron chi connectivity index (χ2n) is 8.16. The molecule has 0 spiro atoms. The normalized spacial score (nSPS) is 26.8. The average Bonchev–Trinajstić information content (AvgIpc) is 3.49. The standard InChI is InChI=1S/C21H29N3O4/c1-4-27-17-10-14-8-9-23(12-15(14)11-18(17)28-5-2)13-24-19(25)21(3,16-6-7-16)22-20(24)26/h10-11,16H,4-9,12-13H2,1-3H3,(H,22,26)/p+1/t21-/m1/s1. The summed E-state index contributed by atoms with van der Waals surface area (Å²) in [7, 11) is 0. The lowest BCUT2D eigenvalue weighted by molar-refractivity contribution is -0.923. The fourth-order valence-electron chi connectivity index (χ4n) is 4.40. The first-order valence-electron chi connectivity index (χ1n) is 10.3. The summed E-state index contributed by atoms with van der Waals surface area (Å²) in [4.78, 5) is 28.0. The van der Waals surface area contributed by atoms with Gasteiger partial charge in [-0.15, -0.1) is 0 Å². The highest BCUT2D eigenvalue weighted by molar-refractivity contribution is 6.07. The molecule has 4 rings (SSSR count). The molecule has 0 bridgehead atoms. The van der Waals surface area contributed by atoms with E-state index in [0.717, 1.165) is 43.9 Å². The molecule has 1 aromatic carbocycles. The van der Waals surface area contributed by atoms with Crippen molar-refractivity contribution < 1.29 is 24.0 Å². The predicted molar refractivity (Wildman–Crippen MR) is 103 cm³/mol. The minimum atomic E-state index is -0.710. The van der Waals surface area contributed by atoms with Crippen LogP contribution in [0.15, 0.2) is 12.1 Å². The van der Waals surface area contributed by atoms with Crippen LogP contribution in [0, 0.1) is 5.92 Å². The maximum absolute atomic E-state index is 12.9. The van der Waals surface area contributed by atoms with Crippen LogP contribution in [0.1, 0.15) is 44.7 Å². The van der Waals surface area contributed by atoms with Gasteiger partial charge in [0.05, 0.1) is 19.8 Å². The summed E-state index contributed by atoms with van der Waals surface area (Å²) in [6, 6.07) is 3.89. The number of imide groups is 1. The number of hydrogen-bond acceptors (Lipinski definition) is 4. The van der Waals surface area contributed by atoms with E-state index in [2.05, 4.69) is 17.4 Å². The van der Waals surface area contributed by atoms with E-state index in [1.165, 1.54) is 20.9 Å². The third-order valence-electron chi connectivity index (χ3n) is 6.13. The van der Waals surface area contributed by atoms with Crippen LogP contribution < -0.4 is 19.7 Å². The molecule has 7 heteroatoms. The van der Waals surface area contributed by atoms with E-state index in [-0.39, 0.29) is 17.9 Å². The average molecular weight is 388 g/mol. The summed E-state index contributed by atoms with van der Waals surface area (Å²) in [5, 5.41) is 2.94. The number of nitrogens with zero attached hydrogens (tertiary/aromatic N) is 1. The summed E-state index contributed by atoms with van der Waals surface area (Å²) in [6.07, 6.45) is 2.92. The zero-order valence-electron chi connectivity index (χ0n) is 17.0. The van der Waals surface area contributed by atoms with Gasteiger partial charge >= 0.3 is 6.03 Å². The van der Waals surface area contributed by atoms with Crippen LogP contribution in [0.3, 0.4) is 0 Å². The zero-order chi connectivity index (χ0) is 19.9. The van der Waals surface area contributed by atoms with Gasteiger partial charge in [-0.3, -0.25) is 4.79 Å². The smallest absolute Gasteiger partial charge is 0.329 e. The monoisotopic (exact) mass is 388 g/mol. The van der Waals surface area contributed by atoms with Crippen molar-refractivity contribution >= 4 is 11.9 Å². The van der Waals surface area contributed by atoms with Crippen LogP contribution in [0.25, 0.3) is 0 Å². The van der Waals surface area contributed by atoms with Gasteiger partial charge in [-0.25, -0.2) is 9.69 Å². The minimum absolute atomic E-state index is 0.0694. The number of benzene rings is 1. The Hall–Kier alpha value is -2.28. The number of hydrogen-bond donors (Lipinski definition) is 2. The lowest BCUT2D eigenvalue weighted by Crippen LogP contribution is -3.13. The molecule has 2 heterocycles. The van der Waals surface area contributed by atoms with E-state index in [4.69, 9.17) is 9.47 Å². The number of carbonyl (C=O) groups is 2. The molecule has 0 radical (unpaired) electrons. The van der Waals surface area contributed by atoms with Gasteiger partial charge in [0.25, 0.3) is 5.91 Å². The fourth-order valence-corrected chi connectivity index (χ4v) is 4.40. The second-order valence-corrected chi connectivity index (χ2v) is 8.16. The Kier molecular flexibility index (Phi) is 4.95. The van der Waals surface area contributed by atoms with Gasteiger partial charge in [0, 0.05) is 12.0 Å². The maximum Gasteiger partial charge on any atom is 0.329 e. The molecular weight excluding hydrogens is 358 g/mol. The molecule has 1 saturated heterocycles. The van der Waals surface area contributed by atoms with Crippen molar-refractivity contribution in [2.24, 2.45) is 5.92 Å². The molecule has 3 aliphatic rings. The number of rotatable bonds is 7. The highest BCUT2D eigenvalue weighted by Gasteiger charge is 2.56. The Morgan fingerprint density at radius 2 is 1.79 bits per heavy atom. The number of nitrogens with one attached hydrogen (secondary N) is 2. The van der Waals surface area contributed by atoms with Crippen molar-refractivity contribution in [3.8, 4) is 11.5 Å². The second kappa shape index (κ2) is 7.28. The molecule has 1 aliphatic carbocycles. The highest BCUT2D eigenvalue weighted by atomic mass is 16.5. The van der Waals surface area contributed by atoms with Crippen LogP contribution in [0.2, 0.25) is 0 Å². The molecule has 7 nitrogen and oxygen atoms in total. The quantitative estimate of drug-likeness (QED) is 0.687. The Morgan fingerprint density at radius 1 is 1.14 bits per heavy atom. The molecule has 0 aromatic heterocycles. The van der Waals surface area contributed by atoms with Crippen molar-refractivity contribution in [1.82, 2.24) is 10.2 Å². The van der Waals surface area contributed by atoms with Crippen molar-refractivity contribution in [2.75, 3.05) is 26.4 Å². The first kappa shape index (κ1) is 19.1. The van der Waals surface area contributed by atoms with E-state index in [1.54, 1.807) is 0 Å². The largest absolute Gasteiger partial charge is 0.490 e. The van der Waals surface area contributed by atoms with Crippen LogP contribution in [0.4, 0.5) is 4.79 Å². The van der Waals surface area contributed by atoms with E-state index < -0.39 is 5.54 Å². The molecule has 1 saturated carbocycles. The SMILES string of the molecule is CCOc1cc2c(cc1OCC)C[NH+](CN1C(=O)N[C@](C)(C3CC3)C1=O)CC2. The van der Waals surface area contributed by atoms with Crippen molar-refractivity contribution in [2.45, 2.75) is 52.1 Å². The van der Waals surface area contributed by atoms with E-state index in [0.29, 0.717) is 19.9 Å². The third kappa shape index (κ3) is 3.32. The van der Waals surface area contributed by atoms with Crippen LogP contribution in [0.5, 0.6) is 11.5 Å².